The van der Waals surface area contributed by atoms with Gasteiger partial charge < -0.3 is 40.6 Å². The van der Waals surface area contributed by atoms with E-state index in [1.54, 1.807) is 32.9 Å². The number of hydrogen-bond acceptors (Lipinski definition) is 12. The van der Waals surface area contributed by atoms with Gasteiger partial charge in [0.15, 0.2) is 0 Å². The van der Waals surface area contributed by atoms with Gasteiger partial charge in [0.25, 0.3) is 0 Å². The summed E-state index contributed by atoms with van der Waals surface area (Å²) in [7, 11) is 0. The molecule has 6 rings (SSSR count). The summed E-state index contributed by atoms with van der Waals surface area (Å²) in [5.74, 6) is -10.4. The summed E-state index contributed by atoms with van der Waals surface area (Å²) in [5.41, 5.74) is 5.21. The molecule has 0 aliphatic rings. The number of phenols is 1. The molecule has 6 N–H and O–H groups in total. The van der Waals surface area contributed by atoms with E-state index < -0.39 is 88.2 Å². The number of ether oxygens (including phenoxy) is 3. The second kappa shape index (κ2) is 40.5. The van der Waals surface area contributed by atoms with E-state index in [1.807, 2.05) is 53.7 Å². The van der Waals surface area contributed by atoms with Crippen LogP contribution in [-0.4, -0.2) is 74.0 Å². The lowest BCUT2D eigenvalue weighted by Gasteiger charge is -2.21. The molecule has 0 aliphatic carbocycles. The van der Waals surface area contributed by atoms with Gasteiger partial charge in [-0.3, -0.25) is 9.59 Å². The maximum atomic E-state index is 14.2. The van der Waals surface area contributed by atoms with Crippen molar-refractivity contribution in [1.82, 2.24) is 5.32 Å². The summed E-state index contributed by atoms with van der Waals surface area (Å²) >= 11 is 5.02. The molecule has 0 radical (unpaired) electrons. The van der Waals surface area contributed by atoms with Crippen LogP contribution in [0, 0.1) is 46.7 Å². The van der Waals surface area contributed by atoms with E-state index in [4.69, 9.17) is 36.7 Å². The Morgan fingerprint density at radius 2 is 0.967 bits per heavy atom. The van der Waals surface area contributed by atoms with Crippen molar-refractivity contribution in [3.8, 4) is 50.6 Å². The molecular weight excluding hydrogens is 1270 g/mol. The summed E-state index contributed by atoms with van der Waals surface area (Å²) in [6.07, 6.45) is 10.1. The number of allylic oxidation sites excluding steroid dienone is 3. The van der Waals surface area contributed by atoms with E-state index >= 15 is 0 Å². The number of halogens is 7. The molecule has 0 spiro atoms. The molecule has 92 heavy (non-hydrogen) atoms. The molecule has 6 aromatic rings. The minimum atomic E-state index is -1.39. The van der Waals surface area contributed by atoms with E-state index in [0.29, 0.717) is 37.0 Å². The summed E-state index contributed by atoms with van der Waals surface area (Å²) in [4.78, 5) is 82.7. The molecule has 0 saturated carbocycles. The Balaban J connectivity index is 0. The van der Waals surface area contributed by atoms with Crippen LogP contribution >= 0.6 is 35.0 Å². The molecule has 1 amide bonds. The lowest BCUT2D eigenvalue weighted by atomic mass is 10.0. The topological polar surface area (TPSA) is 246 Å². The first-order chi connectivity index (χ1) is 41.7. The van der Waals surface area contributed by atoms with E-state index in [9.17, 15) is 70.1 Å². The highest BCUT2D eigenvalue weighted by molar-refractivity contribution is 7.59. The summed E-state index contributed by atoms with van der Waals surface area (Å²) in [6.45, 7) is 16.6. The number of aromatic carboxylic acids is 2. The number of hydrogen-bond donors (Lipinski definition) is 5. The number of amides is 1. The molecule has 3 atom stereocenters. The van der Waals surface area contributed by atoms with E-state index in [0.717, 1.165) is 55.3 Å². The third-order valence-electron chi connectivity index (χ3n) is 11.9. The minimum Gasteiger partial charge on any atom is -0.507 e. The fourth-order valence-corrected chi connectivity index (χ4v) is 7.97. The number of nitrogens with one attached hydrogen (secondary N) is 1. The van der Waals surface area contributed by atoms with Crippen molar-refractivity contribution < 1.29 is 90.9 Å². The number of benzene rings is 6. The van der Waals surface area contributed by atoms with E-state index in [2.05, 4.69) is 5.32 Å². The summed E-state index contributed by atoms with van der Waals surface area (Å²) in [5, 5.41) is 30.1. The van der Waals surface area contributed by atoms with Crippen molar-refractivity contribution in [3.63, 3.8) is 0 Å². The van der Waals surface area contributed by atoms with E-state index in [-0.39, 0.29) is 118 Å². The van der Waals surface area contributed by atoms with Gasteiger partial charge in [-0.25, -0.2) is 50.3 Å². The molecule has 0 aromatic heterocycles. The quantitative estimate of drug-likeness (QED) is 0.0112. The lowest BCUT2D eigenvalue weighted by Crippen LogP contribution is -2.43. The van der Waals surface area contributed by atoms with Gasteiger partial charge in [0.1, 0.15) is 86.5 Å². The highest BCUT2D eigenvalue weighted by Gasteiger charge is 2.28. The Morgan fingerprint density at radius 1 is 0.576 bits per heavy atom. The number of rotatable bonds is 21. The molecule has 0 fully saturated rings. The number of esters is 3. The number of carboxylic acid groups (broad SMARTS) is 2. The Bertz CT molecular complexity index is 3550. The van der Waals surface area contributed by atoms with Crippen molar-refractivity contribution in [3.05, 3.63) is 185 Å². The van der Waals surface area contributed by atoms with Crippen LogP contribution in [0.2, 0.25) is 0 Å². The first-order valence-corrected chi connectivity index (χ1v) is 28.3. The number of nitrogens with two attached hydrogens (primary N) is 1. The van der Waals surface area contributed by atoms with Crippen LogP contribution in [0.5, 0.6) is 17.2 Å². The maximum Gasteiger partial charge on any atom is 0.342 e. The molecule has 0 heterocycles. The van der Waals surface area contributed by atoms with Crippen molar-refractivity contribution in [2.24, 2.45) is 17.6 Å². The van der Waals surface area contributed by atoms with E-state index in [1.165, 1.54) is 54.6 Å². The third-order valence-corrected chi connectivity index (χ3v) is 12.1. The molecule has 0 aliphatic heterocycles. The van der Waals surface area contributed by atoms with Gasteiger partial charge in [-0.05, 0) is 159 Å². The van der Waals surface area contributed by atoms with Crippen molar-refractivity contribution in [2.45, 2.75) is 126 Å². The molecule has 15 nitrogen and oxygen atoms in total. The first kappa shape index (κ1) is 83.7. The number of carbonyl (C=O) groups is 7. The largest absolute Gasteiger partial charge is 0.507 e. The predicted octanol–water partition coefficient (Wildman–Crippen LogP) is 16.2. The Morgan fingerprint density at radius 3 is 1.36 bits per heavy atom. The molecule has 6 aromatic carbocycles. The van der Waals surface area contributed by atoms with Crippen molar-refractivity contribution in [2.75, 3.05) is 0 Å². The normalized spacial score (nSPS) is 11.3. The van der Waals surface area contributed by atoms with Crippen molar-refractivity contribution in [1.29, 1.82) is 0 Å². The zero-order valence-electron chi connectivity index (χ0n) is 51.6. The molecule has 0 saturated heterocycles. The molecular formula is C68H82ClF6N2O13PS. The van der Waals surface area contributed by atoms with Crippen molar-refractivity contribution >= 4 is 76.0 Å². The monoisotopic (exact) mass is 1350 g/mol. The Kier molecular flexibility index (Phi) is 36.9. The van der Waals surface area contributed by atoms with Crippen LogP contribution < -0.4 is 20.5 Å². The van der Waals surface area contributed by atoms with Gasteiger partial charge in [-0.2, -0.15) is 23.4 Å². The summed E-state index contributed by atoms with van der Waals surface area (Å²) in [6, 6.07) is 18.8. The van der Waals surface area contributed by atoms with Gasteiger partial charge in [0.05, 0.1) is 0 Å². The highest BCUT2D eigenvalue weighted by atomic mass is 35.5. The van der Waals surface area contributed by atoms with Gasteiger partial charge in [0.2, 0.25) is 11.1 Å². The number of aromatic hydroxyl groups is 1. The molecule has 24 heteroatoms. The number of carbonyl (C=O) groups excluding carboxylic acids is 5. The van der Waals surface area contributed by atoms with Crippen LogP contribution in [0.15, 0.2) is 133 Å². The average Bonchev–Trinajstić information content (AvgIpc) is 1.04. The SMILES string of the molecule is C.CC(C)CC(N)C(=O)Oc1ccc(-c2ccc(F)cc2F)cc1C(=O)OC(C)(C)C.CC/C=C\CC(=O)Cl.CC/C=C\CC(=O)NC(CC(C)C)C(=O)Oc1ccc(-c2ccc(F)cc2F)cc1C(=O)O.O=C(O)c1cc(-c2ccc(F)cc2F)ccc1O.P.S.[3HH]. The highest BCUT2D eigenvalue weighted by Crippen LogP contribution is 2.33. The Hall–Kier alpha value is -8.30. The second-order valence-corrected chi connectivity index (χ2v) is 21.9. The zero-order chi connectivity index (χ0) is 66.9. The first-order valence-electron chi connectivity index (χ1n) is 27.9. The van der Waals surface area contributed by atoms with Gasteiger partial charge >= 0.3 is 29.8 Å². The minimum absolute atomic E-state index is 0. The third kappa shape index (κ3) is 28.5. The smallest absolute Gasteiger partial charge is 0.342 e. The van der Waals surface area contributed by atoms with Crippen LogP contribution in [0.3, 0.4) is 0 Å². The molecule has 502 valence electrons. The summed E-state index contributed by atoms with van der Waals surface area (Å²) < 4.78 is 97.2. The lowest BCUT2D eigenvalue weighted by molar-refractivity contribution is -0.139. The predicted molar refractivity (Wildman–Crippen MR) is 356 cm³/mol. The van der Waals surface area contributed by atoms with Gasteiger partial charge in [0, 0.05) is 49.2 Å². The van der Waals surface area contributed by atoms with Crippen LogP contribution in [0.4, 0.5) is 26.3 Å². The Labute approximate surface area is 549 Å². The number of carboxylic acids is 2. The fraction of sp³-hybridized carbons (Fsp3) is 0.309. The maximum absolute atomic E-state index is 14.2. The zero-order valence-corrected chi connectivity index (χ0v) is 54.8. The average molecular weight is 1350 g/mol. The fourth-order valence-electron chi connectivity index (χ4n) is 7.88. The molecule has 3 unspecified atom stereocenters. The van der Waals surface area contributed by atoms with Crippen LogP contribution in [0.1, 0.15) is 141 Å². The van der Waals surface area contributed by atoms with Crippen LogP contribution in [-0.2, 0) is 23.9 Å². The standard InChI is InChI=1S/C25H27F2NO5.C23H27F2NO4.C13H8F2O3.C6H9ClO.CH4.H3P.H2S.H2/c1-4-5-6-7-23(29)28-21(12-15(2)3)25(32)33-22-11-8-16(13-19(22)24(30)31)18-10-9-17(26)14-20(18)27;1-13(2)10-19(26)22(28)29-20-9-6-14(16-8-7-15(24)12-18(16)25)11-17(20)21(27)30-23(3,4)5;14-8-2-3-9(11(15)6-8)7-1-4-12(16)10(5-7)13(17)18;1-2-3-4-5-6(7)8;;;;/h5-6,8-11,13-15,21H,4,7,12H2,1-3H3,(H,28,29)(H,30,31);6-9,11-13,19H,10,26H2,1-5H3;1-6,16H,(H,17,18);3-4H,2,5H2,1H3;1H4;1H3;1H2;1H/b6-5-;;;4-3-;;;;/i;;;;;;;1+2. The second-order valence-electron chi connectivity index (χ2n) is 21.5. The van der Waals surface area contributed by atoms with Gasteiger partial charge in [-0.15, -0.1) is 0 Å². The van der Waals surface area contributed by atoms with Gasteiger partial charge in [-0.1, -0.05) is 91.5 Å². The molecule has 0 bridgehead atoms. The van der Waals surface area contributed by atoms with Crippen LogP contribution in [0.25, 0.3) is 33.4 Å².